The molecule has 0 aliphatic heterocycles. The Hall–Kier alpha value is -2.12. The van der Waals surface area contributed by atoms with Crippen molar-refractivity contribution in [3.63, 3.8) is 0 Å². The molecule has 0 saturated heterocycles. The van der Waals surface area contributed by atoms with Crippen molar-refractivity contribution >= 4 is 48.8 Å². The first kappa shape index (κ1) is 15.8. The summed E-state index contributed by atoms with van der Waals surface area (Å²) >= 11 is 4.94. The quantitative estimate of drug-likeness (QED) is 0.492. The lowest BCUT2D eigenvalue weighted by molar-refractivity contribution is 0.318. The summed E-state index contributed by atoms with van der Waals surface area (Å²) in [7, 11) is 0. The van der Waals surface area contributed by atoms with Gasteiger partial charge in [-0.3, -0.25) is 5.43 Å². The van der Waals surface area contributed by atoms with Crippen molar-refractivity contribution in [2.24, 2.45) is 5.10 Å². The number of rotatable bonds is 5. The van der Waals surface area contributed by atoms with Crippen LogP contribution in [0.1, 0.15) is 12.5 Å². The van der Waals surface area contributed by atoms with Crippen molar-refractivity contribution in [1.29, 1.82) is 0 Å². The fourth-order valence-corrected chi connectivity index (χ4v) is 3.25. The van der Waals surface area contributed by atoms with E-state index in [1.165, 1.54) is 11.3 Å². The molecule has 3 aromatic rings. The first-order valence-electron chi connectivity index (χ1n) is 6.97. The average molecular weight is 392 g/mol. The highest BCUT2D eigenvalue weighted by Crippen LogP contribution is 2.32. The molecule has 118 valence electrons. The minimum atomic E-state index is 0.0926. The first-order valence-corrected chi connectivity index (χ1v) is 8.58. The summed E-state index contributed by atoms with van der Waals surface area (Å²) in [6.07, 6.45) is 1.65. The van der Waals surface area contributed by atoms with Gasteiger partial charge in [-0.1, -0.05) is 23.5 Å². The summed E-state index contributed by atoms with van der Waals surface area (Å²) in [5, 5.41) is 14.7. The minimum absolute atomic E-state index is 0.0926. The van der Waals surface area contributed by atoms with E-state index in [-0.39, 0.29) is 5.75 Å². The van der Waals surface area contributed by atoms with E-state index in [1.54, 1.807) is 18.3 Å². The number of anilines is 1. The number of thiazole rings is 1. The van der Waals surface area contributed by atoms with Crippen LogP contribution in [0.4, 0.5) is 5.13 Å². The molecule has 1 aromatic heterocycles. The van der Waals surface area contributed by atoms with Crippen molar-refractivity contribution in [3.8, 4) is 11.5 Å². The lowest BCUT2D eigenvalue weighted by Gasteiger charge is -2.08. The van der Waals surface area contributed by atoms with Crippen LogP contribution in [0.15, 0.2) is 46.0 Å². The summed E-state index contributed by atoms with van der Waals surface area (Å²) in [5.74, 6) is 0.521. The van der Waals surface area contributed by atoms with Crippen LogP contribution >= 0.6 is 27.3 Å². The molecule has 2 N–H and O–H groups in total. The zero-order chi connectivity index (χ0) is 16.2. The Bertz CT molecular complexity index is 831. The monoisotopic (exact) mass is 391 g/mol. The molecular weight excluding hydrogens is 378 g/mol. The van der Waals surface area contributed by atoms with E-state index < -0.39 is 0 Å². The van der Waals surface area contributed by atoms with Gasteiger partial charge in [-0.05, 0) is 47.1 Å². The van der Waals surface area contributed by atoms with Crippen LogP contribution in [-0.2, 0) is 0 Å². The number of phenols is 1. The maximum absolute atomic E-state index is 9.81. The zero-order valence-corrected chi connectivity index (χ0v) is 14.7. The van der Waals surface area contributed by atoms with Crippen LogP contribution in [0.3, 0.4) is 0 Å². The molecule has 3 rings (SSSR count). The number of nitrogens with zero attached hydrogens (tertiary/aromatic N) is 2. The fraction of sp³-hybridized carbons (Fsp3) is 0.125. The summed E-state index contributed by atoms with van der Waals surface area (Å²) in [4.78, 5) is 4.44. The Morgan fingerprint density at radius 3 is 3.00 bits per heavy atom. The minimum Gasteiger partial charge on any atom is -0.504 e. The number of para-hydroxylation sites is 1. The van der Waals surface area contributed by atoms with Crippen LogP contribution in [0.25, 0.3) is 10.2 Å². The Labute approximate surface area is 145 Å². The molecule has 5 nitrogen and oxygen atoms in total. The largest absolute Gasteiger partial charge is 0.504 e. The number of hydrogen-bond donors (Lipinski definition) is 2. The Morgan fingerprint density at radius 1 is 1.39 bits per heavy atom. The maximum Gasteiger partial charge on any atom is 0.204 e. The first-order chi connectivity index (χ1) is 11.2. The smallest absolute Gasteiger partial charge is 0.204 e. The van der Waals surface area contributed by atoms with Crippen LogP contribution in [-0.4, -0.2) is 22.9 Å². The number of fused-ring (bicyclic) bond motifs is 1. The Kier molecular flexibility index (Phi) is 4.78. The van der Waals surface area contributed by atoms with Crippen molar-refractivity contribution < 1.29 is 9.84 Å². The third kappa shape index (κ3) is 3.62. The van der Waals surface area contributed by atoms with Crippen molar-refractivity contribution in [3.05, 3.63) is 46.4 Å². The summed E-state index contributed by atoms with van der Waals surface area (Å²) in [5.41, 5.74) is 4.66. The van der Waals surface area contributed by atoms with Crippen LogP contribution in [0, 0.1) is 0 Å². The molecule has 0 bridgehead atoms. The number of ether oxygens (including phenoxy) is 1. The molecule has 0 amide bonds. The van der Waals surface area contributed by atoms with E-state index in [0.717, 1.165) is 25.4 Å². The third-order valence-corrected chi connectivity index (χ3v) is 4.66. The SMILES string of the molecule is CCOc1cc(/C=N/Nc2nc3ccccc3s2)c(Br)cc1O. The number of benzene rings is 2. The summed E-state index contributed by atoms with van der Waals surface area (Å²) in [6, 6.07) is 11.2. The van der Waals surface area contributed by atoms with E-state index in [1.807, 2.05) is 31.2 Å². The molecular formula is C16H14BrN3O2S. The second-order valence-electron chi connectivity index (χ2n) is 4.63. The van der Waals surface area contributed by atoms with E-state index in [9.17, 15) is 5.11 Å². The van der Waals surface area contributed by atoms with Gasteiger partial charge < -0.3 is 9.84 Å². The van der Waals surface area contributed by atoms with Gasteiger partial charge in [0.25, 0.3) is 0 Å². The van der Waals surface area contributed by atoms with Crippen molar-refractivity contribution in [2.75, 3.05) is 12.0 Å². The van der Waals surface area contributed by atoms with Crippen LogP contribution in [0.2, 0.25) is 0 Å². The number of aromatic hydroxyl groups is 1. The lowest BCUT2D eigenvalue weighted by atomic mass is 10.2. The van der Waals surface area contributed by atoms with E-state index in [2.05, 4.69) is 31.4 Å². The highest BCUT2D eigenvalue weighted by Gasteiger charge is 2.07. The molecule has 7 heteroatoms. The molecule has 0 atom stereocenters. The second-order valence-corrected chi connectivity index (χ2v) is 6.52. The van der Waals surface area contributed by atoms with Gasteiger partial charge in [-0.25, -0.2) is 4.98 Å². The predicted octanol–water partition coefficient (Wildman–Crippen LogP) is 4.61. The molecule has 2 aromatic carbocycles. The normalized spacial score (nSPS) is 11.2. The molecule has 0 unspecified atom stereocenters. The topological polar surface area (TPSA) is 66.7 Å². The Morgan fingerprint density at radius 2 is 2.22 bits per heavy atom. The van der Waals surface area contributed by atoms with Gasteiger partial charge in [0.1, 0.15) is 0 Å². The van der Waals surface area contributed by atoms with E-state index in [0.29, 0.717) is 12.4 Å². The van der Waals surface area contributed by atoms with Gasteiger partial charge in [-0.2, -0.15) is 5.10 Å². The highest BCUT2D eigenvalue weighted by molar-refractivity contribution is 9.10. The standard InChI is InChI=1S/C16H14BrN3O2S/c1-2-22-14-7-10(11(17)8-13(14)21)9-18-20-16-19-12-5-3-4-6-15(12)23-16/h3-9,21H,2H2,1H3,(H,19,20)/b18-9+. The van der Waals surface area contributed by atoms with Gasteiger partial charge in [-0.15, -0.1) is 0 Å². The van der Waals surface area contributed by atoms with Gasteiger partial charge in [0.15, 0.2) is 11.5 Å². The number of phenolic OH excluding ortho intramolecular Hbond substituents is 1. The van der Waals surface area contributed by atoms with Gasteiger partial charge in [0, 0.05) is 10.0 Å². The highest BCUT2D eigenvalue weighted by atomic mass is 79.9. The molecule has 1 heterocycles. The number of hydrazone groups is 1. The number of nitrogens with one attached hydrogen (secondary N) is 1. The number of hydrogen-bond acceptors (Lipinski definition) is 6. The van der Waals surface area contributed by atoms with Crippen LogP contribution in [0.5, 0.6) is 11.5 Å². The van der Waals surface area contributed by atoms with Crippen LogP contribution < -0.4 is 10.2 Å². The lowest BCUT2D eigenvalue weighted by Crippen LogP contribution is -1.95. The van der Waals surface area contributed by atoms with Gasteiger partial charge in [0.05, 0.1) is 23.0 Å². The molecule has 0 spiro atoms. The van der Waals surface area contributed by atoms with Gasteiger partial charge in [0.2, 0.25) is 5.13 Å². The predicted molar refractivity (Wildman–Crippen MR) is 97.8 cm³/mol. The summed E-state index contributed by atoms with van der Waals surface area (Å²) < 4.78 is 7.21. The molecule has 0 radical (unpaired) electrons. The number of aromatic nitrogens is 1. The molecule has 0 fully saturated rings. The van der Waals surface area contributed by atoms with Crippen molar-refractivity contribution in [1.82, 2.24) is 4.98 Å². The van der Waals surface area contributed by atoms with E-state index in [4.69, 9.17) is 4.74 Å². The number of halogens is 1. The fourth-order valence-electron chi connectivity index (χ4n) is 2.01. The summed E-state index contributed by atoms with van der Waals surface area (Å²) in [6.45, 7) is 2.35. The zero-order valence-electron chi connectivity index (χ0n) is 12.3. The third-order valence-electron chi connectivity index (χ3n) is 3.04. The molecule has 23 heavy (non-hydrogen) atoms. The molecule has 0 aliphatic carbocycles. The van der Waals surface area contributed by atoms with E-state index >= 15 is 0 Å². The Balaban J connectivity index is 1.78. The maximum atomic E-state index is 9.81. The second kappa shape index (κ2) is 6.97. The van der Waals surface area contributed by atoms with Gasteiger partial charge >= 0.3 is 0 Å². The molecule has 0 aliphatic rings. The average Bonchev–Trinajstić information content (AvgIpc) is 2.94. The molecule has 0 saturated carbocycles. The van der Waals surface area contributed by atoms with Crippen molar-refractivity contribution in [2.45, 2.75) is 6.92 Å².